The molecule has 1 N–H and O–H groups in total. The van der Waals surface area contributed by atoms with Crippen LogP contribution in [0.2, 0.25) is 0 Å². The Hall–Kier alpha value is -3.08. The van der Waals surface area contributed by atoms with Gasteiger partial charge in [-0.15, -0.1) is 5.10 Å². The van der Waals surface area contributed by atoms with E-state index in [-0.39, 0.29) is 27.8 Å². The van der Waals surface area contributed by atoms with Crippen LogP contribution in [-0.2, 0) is 0 Å². The number of carbonyl (C=O) groups is 1. The molecule has 0 saturated heterocycles. The highest BCUT2D eigenvalue weighted by atomic mass is 32.1. The maximum absolute atomic E-state index is 12.0. The normalized spacial score (nSPS) is 11.0. The number of amides is 1. The molecule has 124 valence electrons. The Balaban J connectivity index is 1.73. The van der Waals surface area contributed by atoms with Crippen molar-refractivity contribution in [2.24, 2.45) is 0 Å². The van der Waals surface area contributed by atoms with E-state index in [1.165, 1.54) is 12.1 Å². The van der Waals surface area contributed by atoms with Crippen LogP contribution in [-0.4, -0.2) is 30.8 Å². The first-order valence-corrected chi connectivity index (χ1v) is 7.70. The smallest absolute Gasteiger partial charge is 0.324 e. The van der Waals surface area contributed by atoms with E-state index >= 15 is 0 Å². The molecule has 0 saturated carbocycles. The van der Waals surface area contributed by atoms with Gasteiger partial charge in [0.05, 0.1) is 9.80 Å². The number of aromatic nitrogens is 4. The van der Waals surface area contributed by atoms with Crippen molar-refractivity contribution in [3.63, 3.8) is 0 Å². The fourth-order valence-electron chi connectivity index (χ4n) is 1.82. The van der Waals surface area contributed by atoms with Gasteiger partial charge in [0, 0.05) is 18.3 Å². The highest BCUT2D eigenvalue weighted by Crippen LogP contribution is 2.25. The number of anilines is 1. The van der Waals surface area contributed by atoms with E-state index in [2.05, 4.69) is 20.6 Å². The summed E-state index contributed by atoms with van der Waals surface area (Å²) in [4.78, 5) is 22.3. The van der Waals surface area contributed by atoms with Crippen LogP contribution < -0.4 is 5.32 Å². The number of carbonyl (C=O) groups excluding carboxylic acids is 1. The van der Waals surface area contributed by atoms with E-state index in [0.29, 0.717) is 5.69 Å². The van der Waals surface area contributed by atoms with E-state index < -0.39 is 10.8 Å². The Kier molecular flexibility index (Phi) is 4.08. The number of hydrogen-bond acceptors (Lipinski definition) is 8. The largest absolute Gasteiger partial charge is 0.401 e. The molecule has 0 bridgehead atoms. The summed E-state index contributed by atoms with van der Waals surface area (Å²) in [6.07, 6.45) is 1.78. The van der Waals surface area contributed by atoms with Gasteiger partial charge in [0.1, 0.15) is 5.69 Å². The van der Waals surface area contributed by atoms with Gasteiger partial charge in [0.25, 0.3) is 11.8 Å². The minimum absolute atomic E-state index is 0.106. The molecule has 3 rings (SSSR count). The molecule has 0 aliphatic heterocycles. The molecule has 0 fully saturated rings. The predicted octanol–water partition coefficient (Wildman–Crippen LogP) is 2.74. The summed E-state index contributed by atoms with van der Waals surface area (Å²) in [7, 11) is 0. The summed E-state index contributed by atoms with van der Waals surface area (Å²) < 4.78 is 7.09. The number of thiophene rings is 1. The molecule has 3 aromatic heterocycles. The van der Waals surface area contributed by atoms with Crippen molar-refractivity contribution in [1.29, 1.82) is 0 Å². The second-order valence-corrected chi connectivity index (χ2v) is 6.10. The van der Waals surface area contributed by atoms with Crippen molar-refractivity contribution in [3.8, 4) is 11.6 Å². The lowest BCUT2D eigenvalue weighted by atomic mass is 10.4. The molecule has 11 heteroatoms. The average Bonchev–Trinajstić information content (AvgIpc) is 3.26. The van der Waals surface area contributed by atoms with Gasteiger partial charge in [0.2, 0.25) is 0 Å². The number of nitrogens with zero attached hydrogens (tertiary/aromatic N) is 5. The van der Waals surface area contributed by atoms with E-state index in [1.807, 2.05) is 13.8 Å². The van der Waals surface area contributed by atoms with Gasteiger partial charge in [0.15, 0.2) is 0 Å². The third kappa shape index (κ3) is 3.15. The molecule has 0 spiro atoms. The lowest BCUT2D eigenvalue weighted by molar-refractivity contribution is -0.380. The summed E-state index contributed by atoms with van der Waals surface area (Å²) in [5, 5.41) is 24.8. The van der Waals surface area contributed by atoms with Crippen molar-refractivity contribution in [3.05, 3.63) is 39.4 Å². The maximum Gasteiger partial charge on any atom is 0.324 e. The number of hydrogen-bond donors (Lipinski definition) is 1. The second kappa shape index (κ2) is 6.20. The summed E-state index contributed by atoms with van der Waals surface area (Å²) in [6, 6.07) is 4.43. The topological polar surface area (TPSA) is 129 Å². The van der Waals surface area contributed by atoms with Crippen LogP contribution in [0.1, 0.15) is 29.6 Å². The Morgan fingerprint density at radius 3 is 2.79 bits per heavy atom. The monoisotopic (exact) mass is 348 g/mol. The molecular formula is C13H12N6O4S. The second-order valence-electron chi connectivity index (χ2n) is 5.04. The minimum Gasteiger partial charge on any atom is -0.401 e. The van der Waals surface area contributed by atoms with Crippen molar-refractivity contribution in [2.45, 2.75) is 19.9 Å². The molecule has 0 aliphatic carbocycles. The molecule has 24 heavy (non-hydrogen) atoms. The zero-order valence-corrected chi connectivity index (χ0v) is 13.5. The molecule has 3 heterocycles. The fraction of sp³-hybridized carbons (Fsp3) is 0.231. The molecule has 0 radical (unpaired) electrons. The first-order valence-electron chi connectivity index (χ1n) is 6.88. The molecule has 10 nitrogen and oxygen atoms in total. The molecular weight excluding hydrogens is 336 g/mol. The Bertz CT molecular complexity index is 896. The van der Waals surface area contributed by atoms with Crippen LogP contribution in [0.15, 0.2) is 28.8 Å². The molecule has 0 unspecified atom stereocenters. The number of rotatable bonds is 5. The molecule has 0 aromatic carbocycles. The first kappa shape index (κ1) is 15.8. The first-order chi connectivity index (χ1) is 11.4. The van der Waals surface area contributed by atoms with Gasteiger partial charge in [-0.1, -0.05) is 16.4 Å². The molecule has 3 aromatic rings. The predicted molar refractivity (Wildman–Crippen MR) is 84.8 cm³/mol. The quantitative estimate of drug-likeness (QED) is 0.554. The van der Waals surface area contributed by atoms with Crippen molar-refractivity contribution in [2.75, 3.05) is 5.32 Å². The van der Waals surface area contributed by atoms with Crippen molar-refractivity contribution >= 4 is 28.3 Å². The van der Waals surface area contributed by atoms with Gasteiger partial charge in [-0.2, -0.15) is 5.10 Å². The molecule has 0 aliphatic rings. The Labute approximate surface area is 139 Å². The van der Waals surface area contributed by atoms with Crippen LogP contribution in [0.3, 0.4) is 0 Å². The van der Waals surface area contributed by atoms with Crippen LogP contribution in [0.5, 0.6) is 0 Å². The van der Waals surface area contributed by atoms with Gasteiger partial charge in [-0.05, 0) is 26.0 Å². The van der Waals surface area contributed by atoms with Crippen LogP contribution in [0.25, 0.3) is 11.6 Å². The summed E-state index contributed by atoms with van der Waals surface area (Å²) in [5.74, 6) is -0.391. The van der Waals surface area contributed by atoms with E-state index in [1.54, 1.807) is 16.9 Å². The van der Waals surface area contributed by atoms with Crippen LogP contribution in [0, 0.1) is 10.1 Å². The van der Waals surface area contributed by atoms with E-state index in [4.69, 9.17) is 4.42 Å². The summed E-state index contributed by atoms with van der Waals surface area (Å²) >= 11 is 0.761. The Morgan fingerprint density at radius 1 is 1.38 bits per heavy atom. The highest BCUT2D eigenvalue weighted by Gasteiger charge is 2.18. The average molecular weight is 348 g/mol. The zero-order valence-electron chi connectivity index (χ0n) is 12.7. The third-order valence-electron chi connectivity index (χ3n) is 3.00. The zero-order chi connectivity index (χ0) is 17.3. The van der Waals surface area contributed by atoms with Gasteiger partial charge >= 0.3 is 11.0 Å². The Morgan fingerprint density at radius 2 is 2.17 bits per heavy atom. The summed E-state index contributed by atoms with van der Waals surface area (Å²) in [6.45, 7) is 3.97. The number of nitrogens with one attached hydrogen (secondary N) is 1. The number of nitro groups is 1. The van der Waals surface area contributed by atoms with Crippen LogP contribution >= 0.6 is 11.3 Å². The van der Waals surface area contributed by atoms with Gasteiger partial charge < -0.3 is 4.42 Å². The lowest BCUT2D eigenvalue weighted by Crippen LogP contribution is -2.10. The van der Waals surface area contributed by atoms with Crippen molar-refractivity contribution in [1.82, 2.24) is 20.0 Å². The fourth-order valence-corrected chi connectivity index (χ4v) is 2.54. The SMILES string of the molecule is CC(C)n1ccc(-c2nnc(NC(=O)c3ccc([N+](=O)[O-])s3)o2)n1. The summed E-state index contributed by atoms with van der Waals surface area (Å²) in [5.41, 5.74) is 0.489. The van der Waals surface area contributed by atoms with Gasteiger partial charge in [-0.25, -0.2) is 0 Å². The maximum atomic E-state index is 12.0. The molecule has 0 atom stereocenters. The lowest BCUT2D eigenvalue weighted by Gasteiger charge is -2.02. The van der Waals surface area contributed by atoms with Crippen LogP contribution in [0.4, 0.5) is 11.0 Å². The van der Waals surface area contributed by atoms with Gasteiger partial charge in [-0.3, -0.25) is 24.9 Å². The van der Waals surface area contributed by atoms with E-state index in [0.717, 1.165) is 11.3 Å². The minimum atomic E-state index is -0.559. The van der Waals surface area contributed by atoms with Crippen molar-refractivity contribution < 1.29 is 14.1 Å². The highest BCUT2D eigenvalue weighted by molar-refractivity contribution is 7.17. The third-order valence-corrected chi connectivity index (χ3v) is 4.03. The van der Waals surface area contributed by atoms with E-state index in [9.17, 15) is 14.9 Å². The molecule has 1 amide bonds. The standard InChI is InChI=1S/C13H12N6O4S/c1-7(2)18-6-5-8(17-18)12-15-16-13(23-12)14-11(20)9-3-4-10(24-9)19(21)22/h3-7H,1-2H3,(H,14,16,20).